The number of rotatable bonds is 3. The van der Waals surface area contributed by atoms with Gasteiger partial charge in [-0.2, -0.15) is 5.10 Å². The molecule has 0 bridgehead atoms. The van der Waals surface area contributed by atoms with Crippen LogP contribution >= 0.6 is 0 Å². The summed E-state index contributed by atoms with van der Waals surface area (Å²) in [5, 5.41) is 4.77. The standard InChI is InChI=1S/C15H25N3O/c16-15(7-10-19-11-8-15)12-13-6-9-18(17-13)14-4-2-1-3-5-14/h6,9,14H,1-5,7-8,10-12,16H2. The Balaban J connectivity index is 1.63. The molecular weight excluding hydrogens is 238 g/mol. The van der Waals surface area contributed by atoms with E-state index in [1.165, 1.54) is 32.1 Å². The molecule has 2 N–H and O–H groups in total. The van der Waals surface area contributed by atoms with Gasteiger partial charge in [0.2, 0.25) is 0 Å². The Labute approximate surface area is 115 Å². The van der Waals surface area contributed by atoms with E-state index >= 15 is 0 Å². The number of nitrogens with zero attached hydrogens (tertiary/aromatic N) is 2. The zero-order valence-corrected chi connectivity index (χ0v) is 11.7. The van der Waals surface area contributed by atoms with Crippen molar-refractivity contribution in [2.45, 2.75) is 62.9 Å². The van der Waals surface area contributed by atoms with Crippen molar-refractivity contribution in [2.24, 2.45) is 5.73 Å². The molecule has 3 rings (SSSR count). The van der Waals surface area contributed by atoms with Crippen LogP contribution in [0, 0.1) is 0 Å². The van der Waals surface area contributed by atoms with Gasteiger partial charge in [0.25, 0.3) is 0 Å². The van der Waals surface area contributed by atoms with E-state index in [2.05, 4.69) is 16.9 Å². The highest BCUT2D eigenvalue weighted by molar-refractivity contribution is 5.07. The molecule has 0 unspecified atom stereocenters. The molecule has 1 saturated carbocycles. The SMILES string of the molecule is NC1(Cc2ccn(C3CCCCC3)n2)CCOCC1. The Morgan fingerprint density at radius 1 is 1.26 bits per heavy atom. The van der Waals surface area contributed by atoms with Gasteiger partial charge in [-0.25, -0.2) is 0 Å². The third-order valence-electron chi connectivity index (χ3n) is 4.63. The van der Waals surface area contributed by atoms with Crippen LogP contribution in [0.1, 0.15) is 56.7 Å². The van der Waals surface area contributed by atoms with Crippen LogP contribution in [0.2, 0.25) is 0 Å². The molecule has 19 heavy (non-hydrogen) atoms. The summed E-state index contributed by atoms with van der Waals surface area (Å²) in [6.07, 6.45) is 11.6. The molecule has 0 aromatic carbocycles. The summed E-state index contributed by atoms with van der Waals surface area (Å²) in [7, 11) is 0. The molecule has 1 aromatic rings. The Morgan fingerprint density at radius 3 is 2.74 bits per heavy atom. The zero-order chi connectivity index (χ0) is 13.1. The number of nitrogens with two attached hydrogens (primary N) is 1. The molecule has 4 heteroatoms. The smallest absolute Gasteiger partial charge is 0.0643 e. The number of hydrogen-bond donors (Lipinski definition) is 1. The second kappa shape index (κ2) is 5.63. The first-order chi connectivity index (χ1) is 9.25. The zero-order valence-electron chi connectivity index (χ0n) is 11.7. The van der Waals surface area contributed by atoms with Gasteiger partial charge < -0.3 is 10.5 Å². The molecular formula is C15H25N3O. The van der Waals surface area contributed by atoms with Gasteiger partial charge in [-0.3, -0.25) is 4.68 Å². The maximum Gasteiger partial charge on any atom is 0.0643 e. The number of hydrogen-bond acceptors (Lipinski definition) is 3. The molecule has 1 aliphatic carbocycles. The van der Waals surface area contributed by atoms with E-state index in [4.69, 9.17) is 15.6 Å². The van der Waals surface area contributed by atoms with Gasteiger partial charge in [-0.15, -0.1) is 0 Å². The van der Waals surface area contributed by atoms with E-state index < -0.39 is 0 Å². The third-order valence-corrected chi connectivity index (χ3v) is 4.63. The van der Waals surface area contributed by atoms with Crippen molar-refractivity contribution in [3.63, 3.8) is 0 Å². The molecule has 0 radical (unpaired) electrons. The van der Waals surface area contributed by atoms with E-state index in [0.29, 0.717) is 6.04 Å². The number of ether oxygens (including phenoxy) is 1. The van der Waals surface area contributed by atoms with E-state index in [1.54, 1.807) is 0 Å². The minimum absolute atomic E-state index is 0.107. The average molecular weight is 263 g/mol. The van der Waals surface area contributed by atoms with E-state index in [0.717, 1.165) is 38.2 Å². The molecule has 1 aromatic heterocycles. The fourth-order valence-electron chi connectivity index (χ4n) is 3.34. The molecule has 0 amide bonds. The summed E-state index contributed by atoms with van der Waals surface area (Å²) >= 11 is 0. The van der Waals surface area contributed by atoms with Crippen LogP contribution in [0.4, 0.5) is 0 Å². The number of aromatic nitrogens is 2. The van der Waals surface area contributed by atoms with Crippen molar-refractivity contribution < 1.29 is 4.74 Å². The molecule has 0 spiro atoms. The highest BCUT2D eigenvalue weighted by Crippen LogP contribution is 2.28. The van der Waals surface area contributed by atoms with Crippen molar-refractivity contribution in [3.8, 4) is 0 Å². The highest BCUT2D eigenvalue weighted by atomic mass is 16.5. The molecule has 2 fully saturated rings. The van der Waals surface area contributed by atoms with Crippen LogP contribution in [0.3, 0.4) is 0 Å². The summed E-state index contributed by atoms with van der Waals surface area (Å²) in [5.41, 5.74) is 7.49. The van der Waals surface area contributed by atoms with E-state index in [1.807, 2.05) is 0 Å². The van der Waals surface area contributed by atoms with Crippen LogP contribution in [0.5, 0.6) is 0 Å². The Kier molecular flexibility index (Phi) is 3.89. The predicted octanol–water partition coefficient (Wildman–Crippen LogP) is 2.44. The molecule has 2 aliphatic rings. The monoisotopic (exact) mass is 263 g/mol. The van der Waals surface area contributed by atoms with Crippen LogP contribution in [0.25, 0.3) is 0 Å². The summed E-state index contributed by atoms with van der Waals surface area (Å²) in [6, 6.07) is 2.77. The lowest BCUT2D eigenvalue weighted by Crippen LogP contribution is -2.47. The maximum atomic E-state index is 6.45. The van der Waals surface area contributed by atoms with Gasteiger partial charge >= 0.3 is 0 Å². The van der Waals surface area contributed by atoms with Crippen LogP contribution < -0.4 is 5.73 Å². The maximum absolute atomic E-state index is 6.45. The topological polar surface area (TPSA) is 53.1 Å². The van der Waals surface area contributed by atoms with Crippen LogP contribution in [-0.2, 0) is 11.2 Å². The lowest BCUT2D eigenvalue weighted by molar-refractivity contribution is 0.0529. The largest absolute Gasteiger partial charge is 0.381 e. The van der Waals surface area contributed by atoms with Gasteiger partial charge in [0.05, 0.1) is 11.7 Å². The molecule has 1 aliphatic heterocycles. The minimum atomic E-state index is -0.107. The first kappa shape index (κ1) is 13.1. The Hall–Kier alpha value is -0.870. The Bertz CT molecular complexity index is 403. The lowest BCUT2D eigenvalue weighted by Gasteiger charge is -2.32. The van der Waals surface area contributed by atoms with Crippen molar-refractivity contribution in [2.75, 3.05) is 13.2 Å². The summed E-state index contributed by atoms with van der Waals surface area (Å²) in [5.74, 6) is 0. The lowest BCUT2D eigenvalue weighted by atomic mass is 9.87. The van der Waals surface area contributed by atoms with E-state index in [9.17, 15) is 0 Å². The van der Waals surface area contributed by atoms with Crippen molar-refractivity contribution in [3.05, 3.63) is 18.0 Å². The van der Waals surface area contributed by atoms with Gasteiger partial charge in [-0.1, -0.05) is 19.3 Å². The average Bonchev–Trinajstić information content (AvgIpc) is 2.88. The van der Waals surface area contributed by atoms with Crippen molar-refractivity contribution in [1.82, 2.24) is 9.78 Å². The normalized spacial score (nSPS) is 24.5. The predicted molar refractivity (Wildman–Crippen MR) is 75.0 cm³/mol. The highest BCUT2D eigenvalue weighted by Gasteiger charge is 2.29. The first-order valence-corrected chi connectivity index (χ1v) is 7.66. The fourth-order valence-corrected chi connectivity index (χ4v) is 3.34. The third kappa shape index (κ3) is 3.18. The Morgan fingerprint density at radius 2 is 2.00 bits per heavy atom. The minimum Gasteiger partial charge on any atom is -0.381 e. The van der Waals surface area contributed by atoms with Crippen molar-refractivity contribution >= 4 is 0 Å². The second-order valence-corrected chi connectivity index (χ2v) is 6.23. The molecule has 106 valence electrons. The van der Waals surface area contributed by atoms with Gasteiger partial charge in [0, 0.05) is 31.4 Å². The fraction of sp³-hybridized carbons (Fsp3) is 0.800. The quantitative estimate of drug-likeness (QED) is 0.911. The van der Waals surface area contributed by atoms with Crippen LogP contribution in [0.15, 0.2) is 12.3 Å². The van der Waals surface area contributed by atoms with Gasteiger partial charge in [0.15, 0.2) is 0 Å². The molecule has 2 heterocycles. The molecule has 1 saturated heterocycles. The van der Waals surface area contributed by atoms with Gasteiger partial charge in [-0.05, 0) is 31.7 Å². The second-order valence-electron chi connectivity index (χ2n) is 6.23. The summed E-state index contributed by atoms with van der Waals surface area (Å²) in [6.45, 7) is 1.58. The van der Waals surface area contributed by atoms with Gasteiger partial charge in [0.1, 0.15) is 0 Å². The molecule has 4 nitrogen and oxygen atoms in total. The first-order valence-electron chi connectivity index (χ1n) is 7.66. The van der Waals surface area contributed by atoms with E-state index in [-0.39, 0.29) is 5.54 Å². The summed E-state index contributed by atoms with van der Waals surface area (Å²) in [4.78, 5) is 0. The summed E-state index contributed by atoms with van der Waals surface area (Å²) < 4.78 is 7.58. The van der Waals surface area contributed by atoms with Crippen molar-refractivity contribution in [1.29, 1.82) is 0 Å². The van der Waals surface area contributed by atoms with Crippen LogP contribution in [-0.4, -0.2) is 28.5 Å². The molecule has 0 atom stereocenters.